The minimum atomic E-state index is 0.0266. The number of benzene rings is 2. The molecule has 2 aromatic rings. The molecular formula is C15H16BrNO2. The number of aliphatic hydroxyl groups excluding tert-OH is 1. The Morgan fingerprint density at radius 1 is 1.16 bits per heavy atom. The topological polar surface area (TPSA) is 41.5 Å². The van der Waals surface area contributed by atoms with Crippen molar-refractivity contribution >= 4 is 21.6 Å². The second-order valence-electron chi connectivity index (χ2n) is 4.12. The van der Waals surface area contributed by atoms with E-state index in [4.69, 9.17) is 4.74 Å². The third-order valence-corrected chi connectivity index (χ3v) is 3.39. The summed E-state index contributed by atoms with van der Waals surface area (Å²) in [7, 11) is 1.66. The Kier molecular flexibility index (Phi) is 4.82. The second-order valence-corrected chi connectivity index (χ2v) is 5.04. The maximum Gasteiger partial charge on any atom is 0.123 e. The van der Waals surface area contributed by atoms with Gasteiger partial charge in [-0.2, -0.15) is 0 Å². The van der Waals surface area contributed by atoms with Gasteiger partial charge in [-0.05, 0) is 24.3 Å². The number of rotatable bonds is 5. The molecule has 0 heterocycles. The minimum Gasteiger partial charge on any atom is -0.496 e. The molecule has 0 bridgehead atoms. The minimum absolute atomic E-state index is 0.0266. The number of hydrogen-bond donors (Lipinski definition) is 2. The molecule has 2 rings (SSSR count). The molecule has 0 fully saturated rings. The van der Waals surface area contributed by atoms with Crippen molar-refractivity contribution in [3.05, 3.63) is 58.1 Å². The third kappa shape index (κ3) is 3.49. The molecule has 0 spiro atoms. The summed E-state index contributed by atoms with van der Waals surface area (Å²) in [5.74, 6) is 0.845. The van der Waals surface area contributed by atoms with E-state index < -0.39 is 0 Å². The van der Waals surface area contributed by atoms with Crippen LogP contribution in [0.1, 0.15) is 11.1 Å². The first kappa shape index (κ1) is 13.9. The number of hydrogen-bond acceptors (Lipinski definition) is 3. The van der Waals surface area contributed by atoms with Crippen LogP contribution in [-0.2, 0) is 13.2 Å². The Balaban J connectivity index is 2.16. The van der Waals surface area contributed by atoms with E-state index in [1.165, 1.54) is 0 Å². The van der Waals surface area contributed by atoms with Gasteiger partial charge in [-0.15, -0.1) is 0 Å². The molecule has 0 aliphatic carbocycles. The summed E-state index contributed by atoms with van der Waals surface area (Å²) in [5, 5.41) is 12.6. The molecule has 4 heteroatoms. The zero-order valence-corrected chi connectivity index (χ0v) is 12.3. The lowest BCUT2D eigenvalue weighted by molar-refractivity contribution is 0.282. The van der Waals surface area contributed by atoms with Crippen LogP contribution in [0.25, 0.3) is 0 Å². The average Bonchev–Trinajstić information content (AvgIpc) is 2.45. The van der Waals surface area contributed by atoms with Gasteiger partial charge in [-0.25, -0.2) is 0 Å². The first-order valence-corrected chi connectivity index (χ1v) is 6.79. The molecule has 0 unspecified atom stereocenters. The van der Waals surface area contributed by atoms with Crippen molar-refractivity contribution in [2.24, 2.45) is 0 Å². The van der Waals surface area contributed by atoms with Crippen molar-refractivity contribution in [1.29, 1.82) is 0 Å². The molecule has 0 aliphatic heterocycles. The van der Waals surface area contributed by atoms with Crippen LogP contribution in [0, 0.1) is 0 Å². The molecule has 2 N–H and O–H groups in total. The summed E-state index contributed by atoms with van der Waals surface area (Å²) >= 11 is 3.46. The standard InChI is InChI=1S/C15H16BrNO2/c1-19-15-7-6-13(16)8-12(15)9-17-14-5-3-2-4-11(14)10-18/h2-8,17-18H,9-10H2,1H3. The van der Waals surface area contributed by atoms with Gasteiger partial charge in [0.2, 0.25) is 0 Å². The van der Waals surface area contributed by atoms with Gasteiger partial charge in [0, 0.05) is 27.8 Å². The number of ether oxygens (including phenoxy) is 1. The van der Waals surface area contributed by atoms with E-state index in [0.717, 1.165) is 27.0 Å². The van der Waals surface area contributed by atoms with E-state index in [-0.39, 0.29) is 6.61 Å². The molecule has 3 nitrogen and oxygen atoms in total. The quantitative estimate of drug-likeness (QED) is 0.884. The van der Waals surface area contributed by atoms with E-state index in [0.29, 0.717) is 6.54 Å². The largest absolute Gasteiger partial charge is 0.496 e. The molecule has 0 saturated heterocycles. The van der Waals surface area contributed by atoms with Crippen LogP contribution in [-0.4, -0.2) is 12.2 Å². The Bertz CT molecular complexity index is 558. The van der Waals surface area contributed by atoms with Gasteiger partial charge in [-0.1, -0.05) is 34.1 Å². The SMILES string of the molecule is COc1ccc(Br)cc1CNc1ccccc1CO. The maximum absolute atomic E-state index is 9.29. The highest BCUT2D eigenvalue weighted by molar-refractivity contribution is 9.10. The highest BCUT2D eigenvalue weighted by Gasteiger charge is 2.05. The molecule has 0 saturated carbocycles. The first-order valence-electron chi connectivity index (χ1n) is 5.99. The fourth-order valence-corrected chi connectivity index (χ4v) is 2.31. The molecule has 0 aromatic heterocycles. The van der Waals surface area contributed by atoms with Crippen molar-refractivity contribution in [2.45, 2.75) is 13.2 Å². The lowest BCUT2D eigenvalue weighted by Crippen LogP contribution is -2.04. The van der Waals surface area contributed by atoms with Gasteiger partial charge in [0.05, 0.1) is 13.7 Å². The van der Waals surface area contributed by atoms with Crippen LogP contribution in [0.2, 0.25) is 0 Å². The zero-order valence-electron chi connectivity index (χ0n) is 10.7. The van der Waals surface area contributed by atoms with Gasteiger partial charge in [0.25, 0.3) is 0 Å². The van der Waals surface area contributed by atoms with Crippen LogP contribution in [0.5, 0.6) is 5.75 Å². The van der Waals surface area contributed by atoms with Crippen molar-refractivity contribution in [3.8, 4) is 5.75 Å². The Morgan fingerprint density at radius 3 is 2.68 bits per heavy atom. The van der Waals surface area contributed by atoms with E-state index in [1.807, 2.05) is 42.5 Å². The number of methoxy groups -OCH3 is 1. The summed E-state index contributed by atoms with van der Waals surface area (Å²) < 4.78 is 6.35. The summed E-state index contributed by atoms with van der Waals surface area (Å²) in [6.45, 7) is 0.665. The van der Waals surface area contributed by atoms with Crippen LogP contribution in [0.3, 0.4) is 0 Å². The van der Waals surface area contributed by atoms with Gasteiger partial charge in [0.1, 0.15) is 5.75 Å². The number of aliphatic hydroxyl groups is 1. The van der Waals surface area contributed by atoms with Gasteiger partial charge in [0.15, 0.2) is 0 Å². The number of nitrogens with one attached hydrogen (secondary N) is 1. The molecule has 0 radical (unpaired) electrons. The predicted octanol–water partition coefficient (Wildman–Crippen LogP) is 3.56. The number of halogens is 1. The molecule has 2 aromatic carbocycles. The van der Waals surface area contributed by atoms with Crippen LogP contribution in [0.15, 0.2) is 46.9 Å². The van der Waals surface area contributed by atoms with Crippen LogP contribution in [0.4, 0.5) is 5.69 Å². The van der Waals surface area contributed by atoms with Crippen LogP contribution < -0.4 is 10.1 Å². The van der Waals surface area contributed by atoms with E-state index >= 15 is 0 Å². The average molecular weight is 322 g/mol. The highest BCUT2D eigenvalue weighted by atomic mass is 79.9. The highest BCUT2D eigenvalue weighted by Crippen LogP contribution is 2.24. The summed E-state index contributed by atoms with van der Waals surface area (Å²) in [6, 6.07) is 13.6. The normalized spacial score (nSPS) is 10.3. The zero-order chi connectivity index (χ0) is 13.7. The Hall–Kier alpha value is -1.52. The summed E-state index contributed by atoms with van der Waals surface area (Å²) in [4.78, 5) is 0. The first-order chi connectivity index (χ1) is 9.24. The number of anilines is 1. The molecular weight excluding hydrogens is 306 g/mol. The lowest BCUT2D eigenvalue weighted by Gasteiger charge is -2.13. The Morgan fingerprint density at radius 2 is 1.95 bits per heavy atom. The maximum atomic E-state index is 9.29. The van der Waals surface area contributed by atoms with Gasteiger partial charge in [-0.3, -0.25) is 0 Å². The fraction of sp³-hybridized carbons (Fsp3) is 0.200. The second kappa shape index (κ2) is 6.59. The van der Waals surface area contributed by atoms with Gasteiger partial charge < -0.3 is 15.2 Å². The van der Waals surface area contributed by atoms with Crippen molar-refractivity contribution < 1.29 is 9.84 Å². The number of para-hydroxylation sites is 1. The Labute approximate surface area is 121 Å². The molecule has 0 aliphatic rings. The molecule has 100 valence electrons. The fourth-order valence-electron chi connectivity index (χ4n) is 1.91. The smallest absolute Gasteiger partial charge is 0.123 e. The van der Waals surface area contributed by atoms with E-state index in [1.54, 1.807) is 7.11 Å². The van der Waals surface area contributed by atoms with Crippen LogP contribution >= 0.6 is 15.9 Å². The van der Waals surface area contributed by atoms with E-state index in [9.17, 15) is 5.11 Å². The third-order valence-electron chi connectivity index (χ3n) is 2.90. The molecule has 0 atom stereocenters. The monoisotopic (exact) mass is 321 g/mol. The molecule has 19 heavy (non-hydrogen) atoms. The van der Waals surface area contributed by atoms with Crippen molar-refractivity contribution in [3.63, 3.8) is 0 Å². The van der Waals surface area contributed by atoms with Gasteiger partial charge >= 0.3 is 0 Å². The summed E-state index contributed by atoms with van der Waals surface area (Å²) in [6.07, 6.45) is 0. The van der Waals surface area contributed by atoms with E-state index in [2.05, 4.69) is 21.2 Å². The summed E-state index contributed by atoms with van der Waals surface area (Å²) in [5.41, 5.74) is 2.88. The lowest BCUT2D eigenvalue weighted by atomic mass is 10.1. The van der Waals surface area contributed by atoms with Crippen molar-refractivity contribution in [1.82, 2.24) is 0 Å². The molecule has 0 amide bonds. The predicted molar refractivity (Wildman–Crippen MR) is 80.4 cm³/mol. The van der Waals surface area contributed by atoms with Crippen molar-refractivity contribution in [2.75, 3.05) is 12.4 Å².